The summed E-state index contributed by atoms with van der Waals surface area (Å²) in [5.74, 6) is 0.653. The van der Waals surface area contributed by atoms with Crippen molar-refractivity contribution in [3.05, 3.63) is 22.0 Å². The fourth-order valence-corrected chi connectivity index (χ4v) is 3.57. The molecule has 1 atom stereocenters. The van der Waals surface area contributed by atoms with Crippen molar-refractivity contribution in [3.63, 3.8) is 0 Å². The molecule has 80 valence electrons. The lowest BCUT2D eigenvalue weighted by Gasteiger charge is -2.17. The lowest BCUT2D eigenvalue weighted by Crippen LogP contribution is -2.08. The number of imidazole rings is 1. The van der Waals surface area contributed by atoms with E-state index in [1.165, 1.54) is 46.2 Å². The van der Waals surface area contributed by atoms with Crippen LogP contribution in [0, 0.1) is 13.8 Å². The highest BCUT2D eigenvalue weighted by Crippen LogP contribution is 2.34. The Morgan fingerprint density at radius 3 is 3.00 bits per heavy atom. The minimum Gasteiger partial charge on any atom is -0.291 e. The van der Waals surface area contributed by atoms with Crippen LogP contribution >= 0.6 is 11.3 Å². The average molecular weight is 220 g/mol. The number of thiazole rings is 1. The summed E-state index contributed by atoms with van der Waals surface area (Å²) < 4.78 is 2.38. The van der Waals surface area contributed by atoms with Crippen LogP contribution in [-0.4, -0.2) is 9.38 Å². The topological polar surface area (TPSA) is 17.3 Å². The maximum atomic E-state index is 4.80. The third-order valence-electron chi connectivity index (χ3n) is 3.58. The fraction of sp³-hybridized carbons (Fsp3) is 0.583. The predicted molar refractivity (Wildman–Crippen MR) is 63.9 cm³/mol. The molecule has 0 radical (unpaired) electrons. The van der Waals surface area contributed by atoms with E-state index in [-0.39, 0.29) is 0 Å². The molecule has 2 aromatic rings. The van der Waals surface area contributed by atoms with Crippen molar-refractivity contribution >= 4 is 16.3 Å². The summed E-state index contributed by atoms with van der Waals surface area (Å²) in [6.07, 6.45) is 3.82. The molecule has 0 aromatic carbocycles. The van der Waals surface area contributed by atoms with Crippen LogP contribution in [0.5, 0.6) is 0 Å². The number of fused-ring (bicyclic) bond motifs is 3. The lowest BCUT2D eigenvalue weighted by atomic mass is 9.91. The standard InChI is InChI=1S/C12H16N2S/c1-7-5-4-6-10-11(7)13-12-14(10)8(2)9(3)15-12/h7H,4-6H2,1-3H3. The molecule has 0 fully saturated rings. The van der Waals surface area contributed by atoms with Gasteiger partial charge in [0.15, 0.2) is 4.96 Å². The van der Waals surface area contributed by atoms with Crippen molar-refractivity contribution in [1.29, 1.82) is 0 Å². The van der Waals surface area contributed by atoms with E-state index in [4.69, 9.17) is 4.98 Å². The number of aromatic nitrogens is 2. The minimum absolute atomic E-state index is 0.653. The second kappa shape index (κ2) is 3.08. The van der Waals surface area contributed by atoms with E-state index in [1.807, 2.05) is 11.3 Å². The average Bonchev–Trinajstić information content (AvgIpc) is 2.68. The zero-order valence-electron chi connectivity index (χ0n) is 9.50. The van der Waals surface area contributed by atoms with Gasteiger partial charge < -0.3 is 0 Å². The summed E-state index contributed by atoms with van der Waals surface area (Å²) in [6, 6.07) is 0. The quantitative estimate of drug-likeness (QED) is 0.664. The first-order valence-corrected chi connectivity index (χ1v) is 6.47. The Labute approximate surface area is 94.0 Å². The van der Waals surface area contributed by atoms with Crippen LogP contribution in [-0.2, 0) is 6.42 Å². The monoisotopic (exact) mass is 220 g/mol. The summed E-state index contributed by atoms with van der Waals surface area (Å²) >= 11 is 1.83. The highest BCUT2D eigenvalue weighted by atomic mass is 32.1. The first kappa shape index (κ1) is 9.40. The van der Waals surface area contributed by atoms with Crippen LogP contribution in [0.2, 0.25) is 0 Å². The third-order valence-corrected chi connectivity index (χ3v) is 4.64. The number of rotatable bonds is 0. The molecular formula is C12H16N2S. The molecule has 2 nitrogen and oxygen atoms in total. The largest absolute Gasteiger partial charge is 0.291 e. The Morgan fingerprint density at radius 2 is 2.20 bits per heavy atom. The molecule has 1 unspecified atom stereocenters. The van der Waals surface area contributed by atoms with E-state index in [9.17, 15) is 0 Å². The van der Waals surface area contributed by atoms with Gasteiger partial charge in [0, 0.05) is 22.2 Å². The maximum Gasteiger partial charge on any atom is 0.194 e. The van der Waals surface area contributed by atoms with Crippen LogP contribution in [0.25, 0.3) is 4.96 Å². The zero-order chi connectivity index (χ0) is 10.6. The van der Waals surface area contributed by atoms with Crippen LogP contribution < -0.4 is 0 Å². The summed E-state index contributed by atoms with van der Waals surface area (Å²) in [4.78, 5) is 7.40. The molecule has 2 aromatic heterocycles. The fourth-order valence-electron chi connectivity index (χ4n) is 2.58. The van der Waals surface area contributed by atoms with E-state index in [2.05, 4.69) is 25.2 Å². The molecule has 0 saturated heterocycles. The van der Waals surface area contributed by atoms with Gasteiger partial charge in [-0.1, -0.05) is 6.92 Å². The molecule has 0 saturated carbocycles. The van der Waals surface area contributed by atoms with E-state index in [0.717, 1.165) is 0 Å². The summed E-state index contributed by atoms with van der Waals surface area (Å²) in [5, 5.41) is 0. The van der Waals surface area contributed by atoms with Gasteiger partial charge in [-0.15, -0.1) is 11.3 Å². The molecule has 3 rings (SSSR count). The SMILES string of the molecule is Cc1sc2nc3c(n2c1C)CCCC3C. The maximum absolute atomic E-state index is 4.80. The second-order valence-electron chi connectivity index (χ2n) is 4.60. The third kappa shape index (κ3) is 1.19. The lowest BCUT2D eigenvalue weighted by molar-refractivity contribution is 0.569. The number of aryl methyl sites for hydroxylation is 3. The molecule has 0 bridgehead atoms. The molecule has 2 heterocycles. The van der Waals surface area contributed by atoms with Gasteiger partial charge in [-0.25, -0.2) is 4.98 Å². The Bertz CT molecular complexity index is 521. The Kier molecular flexibility index (Phi) is 1.93. The minimum atomic E-state index is 0.653. The predicted octanol–water partition coefficient (Wildman–Crippen LogP) is 3.45. The molecule has 15 heavy (non-hydrogen) atoms. The van der Waals surface area contributed by atoms with Gasteiger partial charge >= 0.3 is 0 Å². The summed E-state index contributed by atoms with van der Waals surface area (Å²) in [5.41, 5.74) is 4.22. The molecule has 1 aliphatic rings. The van der Waals surface area contributed by atoms with Gasteiger partial charge in [0.1, 0.15) is 0 Å². The van der Waals surface area contributed by atoms with E-state index in [0.29, 0.717) is 5.92 Å². The number of hydrogen-bond donors (Lipinski definition) is 0. The highest BCUT2D eigenvalue weighted by molar-refractivity contribution is 7.17. The second-order valence-corrected chi connectivity index (χ2v) is 5.78. The summed E-state index contributed by atoms with van der Waals surface area (Å²) in [6.45, 7) is 6.70. The smallest absolute Gasteiger partial charge is 0.194 e. The van der Waals surface area contributed by atoms with Crippen molar-refractivity contribution in [2.45, 2.75) is 46.0 Å². The van der Waals surface area contributed by atoms with E-state index >= 15 is 0 Å². The van der Waals surface area contributed by atoms with Gasteiger partial charge in [0.05, 0.1) is 5.69 Å². The highest BCUT2D eigenvalue weighted by Gasteiger charge is 2.24. The Morgan fingerprint density at radius 1 is 1.40 bits per heavy atom. The van der Waals surface area contributed by atoms with Crippen LogP contribution in [0.15, 0.2) is 0 Å². The van der Waals surface area contributed by atoms with Crippen molar-refractivity contribution < 1.29 is 0 Å². The van der Waals surface area contributed by atoms with Crippen molar-refractivity contribution in [2.75, 3.05) is 0 Å². The van der Waals surface area contributed by atoms with Crippen molar-refractivity contribution in [2.24, 2.45) is 0 Å². The van der Waals surface area contributed by atoms with Gasteiger partial charge in [-0.05, 0) is 33.1 Å². The van der Waals surface area contributed by atoms with Gasteiger partial charge in [0.2, 0.25) is 0 Å². The molecular weight excluding hydrogens is 204 g/mol. The van der Waals surface area contributed by atoms with Crippen LogP contribution in [0.4, 0.5) is 0 Å². The number of hydrogen-bond acceptors (Lipinski definition) is 2. The molecule has 0 aliphatic heterocycles. The normalized spacial score (nSPS) is 20.9. The molecule has 0 N–H and O–H groups in total. The Balaban J connectivity index is 2.34. The van der Waals surface area contributed by atoms with Gasteiger partial charge in [-0.2, -0.15) is 0 Å². The Hall–Kier alpha value is -0.830. The van der Waals surface area contributed by atoms with Gasteiger partial charge in [-0.3, -0.25) is 4.40 Å². The van der Waals surface area contributed by atoms with E-state index in [1.54, 1.807) is 0 Å². The first-order chi connectivity index (χ1) is 7.18. The molecule has 3 heteroatoms. The number of nitrogens with zero attached hydrogens (tertiary/aromatic N) is 2. The zero-order valence-corrected chi connectivity index (χ0v) is 10.3. The van der Waals surface area contributed by atoms with Crippen LogP contribution in [0.3, 0.4) is 0 Å². The van der Waals surface area contributed by atoms with Gasteiger partial charge in [0.25, 0.3) is 0 Å². The van der Waals surface area contributed by atoms with Crippen LogP contribution in [0.1, 0.15) is 47.6 Å². The molecule has 0 spiro atoms. The molecule has 1 aliphatic carbocycles. The van der Waals surface area contributed by atoms with Crippen molar-refractivity contribution in [3.8, 4) is 0 Å². The molecule has 0 amide bonds. The van der Waals surface area contributed by atoms with E-state index < -0.39 is 0 Å². The van der Waals surface area contributed by atoms with Crippen molar-refractivity contribution in [1.82, 2.24) is 9.38 Å². The first-order valence-electron chi connectivity index (χ1n) is 5.65. The summed E-state index contributed by atoms with van der Waals surface area (Å²) in [7, 11) is 0.